The third-order valence-electron chi connectivity index (χ3n) is 4.19. The van der Waals surface area contributed by atoms with Crippen LogP contribution in [0.1, 0.15) is 5.56 Å². The van der Waals surface area contributed by atoms with Crippen LogP contribution in [-0.2, 0) is 16.6 Å². The SMILES string of the molecule is O=S(=O)(c1cccc(Cl)c1)N1CCN(Cc2cccc(F)c2F)CC1. The largest absolute Gasteiger partial charge is 0.296 e. The Morgan fingerprint density at radius 3 is 2.36 bits per heavy atom. The van der Waals surface area contributed by atoms with Crippen molar-refractivity contribution in [2.45, 2.75) is 11.4 Å². The van der Waals surface area contributed by atoms with Gasteiger partial charge in [0.05, 0.1) is 4.90 Å². The molecule has 1 aliphatic heterocycles. The van der Waals surface area contributed by atoms with E-state index in [-0.39, 0.29) is 30.1 Å². The number of sulfonamides is 1. The summed E-state index contributed by atoms with van der Waals surface area (Å²) < 4.78 is 53.7. The highest BCUT2D eigenvalue weighted by Crippen LogP contribution is 2.22. The first kappa shape index (κ1) is 18.3. The van der Waals surface area contributed by atoms with E-state index in [0.717, 1.165) is 6.07 Å². The predicted octanol–water partition coefficient (Wildman–Crippen LogP) is 3.12. The van der Waals surface area contributed by atoms with Crippen molar-refractivity contribution < 1.29 is 17.2 Å². The molecule has 0 aromatic heterocycles. The van der Waals surface area contributed by atoms with Crippen LogP contribution in [0, 0.1) is 11.6 Å². The summed E-state index contributed by atoms with van der Waals surface area (Å²) in [4.78, 5) is 2.06. The Balaban J connectivity index is 1.66. The van der Waals surface area contributed by atoms with Gasteiger partial charge < -0.3 is 0 Å². The van der Waals surface area contributed by atoms with Gasteiger partial charge in [-0.15, -0.1) is 0 Å². The van der Waals surface area contributed by atoms with Gasteiger partial charge >= 0.3 is 0 Å². The average Bonchev–Trinajstić information content (AvgIpc) is 2.59. The number of nitrogens with zero attached hydrogens (tertiary/aromatic N) is 2. The third-order valence-corrected chi connectivity index (χ3v) is 6.32. The van der Waals surface area contributed by atoms with Gasteiger partial charge in [0.1, 0.15) is 0 Å². The minimum Gasteiger partial charge on any atom is -0.296 e. The molecule has 8 heteroatoms. The first-order chi connectivity index (χ1) is 11.9. The van der Waals surface area contributed by atoms with Crippen molar-refractivity contribution in [2.75, 3.05) is 26.2 Å². The lowest BCUT2D eigenvalue weighted by Gasteiger charge is -2.34. The molecule has 0 radical (unpaired) electrons. The fraction of sp³-hybridized carbons (Fsp3) is 0.294. The molecule has 1 aliphatic rings. The molecule has 134 valence electrons. The topological polar surface area (TPSA) is 40.6 Å². The Morgan fingerprint density at radius 1 is 1.00 bits per heavy atom. The van der Waals surface area contributed by atoms with Crippen molar-refractivity contribution in [2.24, 2.45) is 0 Å². The highest BCUT2D eigenvalue weighted by atomic mass is 35.5. The number of piperazine rings is 1. The van der Waals surface area contributed by atoms with Gasteiger partial charge in [-0.25, -0.2) is 17.2 Å². The molecule has 4 nitrogen and oxygen atoms in total. The summed E-state index contributed by atoms with van der Waals surface area (Å²) in [6.45, 7) is 1.69. The van der Waals surface area contributed by atoms with Crippen LogP contribution >= 0.6 is 11.6 Å². The fourth-order valence-corrected chi connectivity index (χ4v) is 4.54. The number of hydrogen-bond acceptors (Lipinski definition) is 3. The molecule has 0 amide bonds. The Labute approximate surface area is 150 Å². The summed E-state index contributed by atoms with van der Waals surface area (Å²) in [5, 5.41) is 0.362. The quantitative estimate of drug-likeness (QED) is 0.810. The molecule has 0 aliphatic carbocycles. The lowest BCUT2D eigenvalue weighted by atomic mass is 10.2. The fourth-order valence-electron chi connectivity index (χ4n) is 2.82. The molecule has 1 heterocycles. The maximum Gasteiger partial charge on any atom is 0.243 e. The van der Waals surface area contributed by atoms with Crippen molar-refractivity contribution in [3.63, 3.8) is 0 Å². The standard InChI is InChI=1S/C17H17ClF2N2O2S/c18-14-4-2-5-15(11-14)25(23,24)22-9-7-21(8-10-22)12-13-3-1-6-16(19)17(13)20/h1-6,11H,7-10,12H2. The lowest BCUT2D eigenvalue weighted by molar-refractivity contribution is 0.179. The van der Waals surface area contributed by atoms with Crippen molar-refractivity contribution in [3.05, 3.63) is 64.7 Å². The lowest BCUT2D eigenvalue weighted by Crippen LogP contribution is -2.48. The van der Waals surface area contributed by atoms with Gasteiger partial charge in [-0.2, -0.15) is 4.31 Å². The van der Waals surface area contributed by atoms with Crippen LogP contribution in [0.4, 0.5) is 8.78 Å². The summed E-state index contributed by atoms with van der Waals surface area (Å²) >= 11 is 5.87. The zero-order valence-corrected chi connectivity index (χ0v) is 14.9. The summed E-state index contributed by atoms with van der Waals surface area (Å²) in [5.41, 5.74) is 0.270. The summed E-state index contributed by atoms with van der Waals surface area (Å²) in [7, 11) is -3.61. The molecule has 25 heavy (non-hydrogen) atoms. The summed E-state index contributed by atoms with van der Waals surface area (Å²) in [6, 6.07) is 10.2. The molecule has 2 aromatic rings. The highest BCUT2D eigenvalue weighted by molar-refractivity contribution is 7.89. The van der Waals surface area contributed by atoms with Crippen LogP contribution in [0.2, 0.25) is 5.02 Å². The van der Waals surface area contributed by atoms with Crippen LogP contribution in [0.25, 0.3) is 0 Å². The van der Waals surface area contributed by atoms with E-state index in [2.05, 4.69) is 0 Å². The van der Waals surface area contributed by atoms with Crippen LogP contribution in [0.3, 0.4) is 0 Å². The second-order valence-corrected chi connectivity index (χ2v) is 8.22. The van der Waals surface area contributed by atoms with Gasteiger partial charge in [0.2, 0.25) is 10.0 Å². The van der Waals surface area contributed by atoms with E-state index in [1.165, 1.54) is 28.6 Å². The summed E-state index contributed by atoms with van der Waals surface area (Å²) in [6.07, 6.45) is 0. The van der Waals surface area contributed by atoms with Crippen LogP contribution < -0.4 is 0 Å². The van der Waals surface area contributed by atoms with Gasteiger partial charge in [-0.05, 0) is 24.3 Å². The maximum atomic E-state index is 13.8. The Bertz CT molecular complexity index is 869. The predicted molar refractivity (Wildman–Crippen MR) is 91.8 cm³/mol. The highest BCUT2D eigenvalue weighted by Gasteiger charge is 2.28. The Kier molecular flexibility index (Phi) is 5.38. The smallest absolute Gasteiger partial charge is 0.243 e. The average molecular weight is 387 g/mol. The molecule has 0 N–H and O–H groups in total. The molecule has 0 unspecified atom stereocenters. The van der Waals surface area contributed by atoms with E-state index in [1.807, 2.05) is 4.90 Å². The van der Waals surface area contributed by atoms with Gasteiger partial charge in [0.25, 0.3) is 0 Å². The van der Waals surface area contributed by atoms with Gasteiger partial charge in [0.15, 0.2) is 11.6 Å². The maximum absolute atomic E-state index is 13.8. The van der Waals surface area contributed by atoms with Gasteiger partial charge in [-0.3, -0.25) is 4.90 Å². The van der Waals surface area contributed by atoms with E-state index < -0.39 is 21.7 Å². The first-order valence-electron chi connectivity index (χ1n) is 7.79. The molecular weight excluding hydrogens is 370 g/mol. The van der Waals surface area contributed by atoms with E-state index in [0.29, 0.717) is 18.1 Å². The number of benzene rings is 2. The monoisotopic (exact) mass is 386 g/mol. The zero-order valence-electron chi connectivity index (χ0n) is 13.3. The second-order valence-electron chi connectivity index (χ2n) is 5.85. The molecule has 0 saturated carbocycles. The van der Waals surface area contributed by atoms with Crippen LogP contribution in [0.5, 0.6) is 0 Å². The number of rotatable bonds is 4. The number of halogens is 3. The summed E-state index contributed by atoms with van der Waals surface area (Å²) in [5.74, 6) is -1.73. The molecular formula is C17H17ClF2N2O2S. The molecule has 0 spiro atoms. The van der Waals surface area contributed by atoms with Crippen molar-refractivity contribution >= 4 is 21.6 Å². The molecule has 1 saturated heterocycles. The molecule has 1 fully saturated rings. The van der Waals surface area contributed by atoms with E-state index in [4.69, 9.17) is 11.6 Å². The Morgan fingerprint density at radius 2 is 1.68 bits per heavy atom. The third kappa shape index (κ3) is 4.00. The zero-order chi connectivity index (χ0) is 18.0. The van der Waals surface area contributed by atoms with E-state index in [9.17, 15) is 17.2 Å². The Hall–Kier alpha value is -1.54. The van der Waals surface area contributed by atoms with Crippen molar-refractivity contribution in [1.82, 2.24) is 9.21 Å². The van der Waals surface area contributed by atoms with E-state index in [1.54, 1.807) is 12.1 Å². The molecule has 2 aromatic carbocycles. The molecule has 0 bridgehead atoms. The van der Waals surface area contributed by atoms with Gasteiger partial charge in [0, 0.05) is 43.3 Å². The normalized spacial score (nSPS) is 16.9. The van der Waals surface area contributed by atoms with Gasteiger partial charge in [-0.1, -0.05) is 29.8 Å². The minimum atomic E-state index is -3.61. The molecule has 0 atom stereocenters. The van der Waals surface area contributed by atoms with E-state index >= 15 is 0 Å². The van der Waals surface area contributed by atoms with Crippen LogP contribution in [0.15, 0.2) is 47.4 Å². The number of hydrogen-bond donors (Lipinski definition) is 0. The van der Waals surface area contributed by atoms with Crippen molar-refractivity contribution in [3.8, 4) is 0 Å². The second kappa shape index (κ2) is 7.37. The van der Waals surface area contributed by atoms with Crippen molar-refractivity contribution in [1.29, 1.82) is 0 Å². The molecule has 3 rings (SSSR count). The van der Waals surface area contributed by atoms with Crippen LogP contribution in [-0.4, -0.2) is 43.8 Å². The minimum absolute atomic E-state index is 0.157. The first-order valence-corrected chi connectivity index (χ1v) is 9.61.